The third-order valence-corrected chi connectivity index (χ3v) is 5.85. The van der Waals surface area contributed by atoms with Gasteiger partial charge in [0.2, 0.25) is 0 Å². The largest absolute Gasteiger partial charge is 0.378 e. The lowest BCUT2D eigenvalue weighted by molar-refractivity contribution is 0.100. The Bertz CT molecular complexity index is 1090. The Morgan fingerprint density at radius 1 is 1.06 bits per heavy atom. The molecule has 32 heavy (non-hydrogen) atoms. The van der Waals surface area contributed by atoms with E-state index in [0.29, 0.717) is 17.4 Å². The van der Waals surface area contributed by atoms with Crippen molar-refractivity contribution in [3.05, 3.63) is 72.4 Å². The zero-order chi connectivity index (χ0) is 21.9. The van der Waals surface area contributed by atoms with Crippen molar-refractivity contribution in [2.45, 2.75) is 18.9 Å². The molecule has 2 fully saturated rings. The van der Waals surface area contributed by atoms with Crippen LogP contribution in [0.3, 0.4) is 0 Å². The van der Waals surface area contributed by atoms with E-state index in [9.17, 15) is 4.79 Å². The predicted octanol–water partition coefficient (Wildman–Crippen LogP) is 4.06. The highest BCUT2D eigenvalue weighted by Crippen LogP contribution is 2.40. The Kier molecular flexibility index (Phi) is 5.64. The number of pyridine rings is 1. The second kappa shape index (κ2) is 8.88. The van der Waals surface area contributed by atoms with Crippen LogP contribution in [-0.2, 0) is 4.74 Å². The fourth-order valence-electron chi connectivity index (χ4n) is 4.12. The maximum atomic E-state index is 12.2. The molecule has 0 radical (unpaired) electrons. The molecule has 164 valence electrons. The number of carbonyl (C=O) groups is 1. The summed E-state index contributed by atoms with van der Waals surface area (Å²) in [7, 11) is 0. The fourth-order valence-corrected chi connectivity index (χ4v) is 4.12. The number of rotatable bonds is 7. The molecule has 2 aliphatic rings. The number of nitrogens with zero attached hydrogens (tertiary/aromatic N) is 3. The molecule has 1 aliphatic heterocycles. The van der Waals surface area contributed by atoms with Gasteiger partial charge in [-0.2, -0.15) is 0 Å². The van der Waals surface area contributed by atoms with Gasteiger partial charge < -0.3 is 25.6 Å². The van der Waals surface area contributed by atoms with Crippen molar-refractivity contribution >= 4 is 34.5 Å². The number of benzene rings is 2. The van der Waals surface area contributed by atoms with E-state index in [0.717, 1.165) is 61.9 Å². The summed E-state index contributed by atoms with van der Waals surface area (Å²) < 4.78 is 5.46. The summed E-state index contributed by atoms with van der Waals surface area (Å²) in [5.41, 5.74) is 10.1. The Morgan fingerprint density at radius 2 is 1.84 bits per heavy atom. The molecule has 0 bridgehead atoms. The Hall–Kier alpha value is -3.58. The lowest BCUT2D eigenvalue weighted by atomic mass is 10.1. The Balaban J connectivity index is 1.46. The van der Waals surface area contributed by atoms with Crippen LogP contribution in [0.25, 0.3) is 0 Å². The number of morpholine rings is 1. The van der Waals surface area contributed by atoms with E-state index >= 15 is 0 Å². The van der Waals surface area contributed by atoms with Crippen LogP contribution in [0.5, 0.6) is 0 Å². The molecule has 7 nitrogen and oxygen atoms in total. The standard InChI is InChI=1S/C25H27N5O2/c26-25(31)22-17-27-24(16-23(22)30(20-9-10-20)19-6-2-1-3-7-19)28-18-5-4-8-21(15-18)29-11-13-32-14-12-29/h1-8,15-17,20H,9-14H2,(H2,26,31)(H,27,28). The number of anilines is 5. The van der Waals surface area contributed by atoms with Crippen molar-refractivity contribution in [1.82, 2.24) is 4.98 Å². The number of primary amides is 1. The number of nitrogens with one attached hydrogen (secondary N) is 1. The molecule has 1 saturated heterocycles. The van der Waals surface area contributed by atoms with Gasteiger partial charge >= 0.3 is 0 Å². The van der Waals surface area contributed by atoms with Gasteiger partial charge in [0, 0.05) is 48.5 Å². The van der Waals surface area contributed by atoms with Crippen LogP contribution in [0, 0.1) is 0 Å². The number of ether oxygens (including phenoxy) is 1. The van der Waals surface area contributed by atoms with Crippen LogP contribution in [-0.4, -0.2) is 43.2 Å². The normalized spacial score (nSPS) is 15.9. The van der Waals surface area contributed by atoms with E-state index in [1.54, 1.807) is 6.20 Å². The second-order valence-corrected chi connectivity index (χ2v) is 8.16. The van der Waals surface area contributed by atoms with Gasteiger partial charge in [-0.05, 0) is 43.2 Å². The van der Waals surface area contributed by atoms with Crippen molar-refractivity contribution in [2.75, 3.05) is 41.4 Å². The van der Waals surface area contributed by atoms with E-state index in [1.807, 2.05) is 36.4 Å². The van der Waals surface area contributed by atoms with Crippen molar-refractivity contribution in [3.8, 4) is 0 Å². The highest BCUT2D eigenvalue weighted by molar-refractivity contribution is 6.00. The van der Waals surface area contributed by atoms with Gasteiger partial charge in [-0.1, -0.05) is 24.3 Å². The number of aromatic nitrogens is 1. The number of amides is 1. The third-order valence-electron chi connectivity index (χ3n) is 5.85. The molecule has 1 amide bonds. The van der Waals surface area contributed by atoms with Crippen molar-refractivity contribution in [1.29, 1.82) is 0 Å². The number of nitrogens with two attached hydrogens (primary N) is 1. The van der Waals surface area contributed by atoms with Crippen LogP contribution >= 0.6 is 0 Å². The monoisotopic (exact) mass is 429 g/mol. The molecular weight excluding hydrogens is 402 g/mol. The Labute approximate surface area is 187 Å². The first kappa shape index (κ1) is 20.3. The van der Waals surface area contributed by atoms with Crippen LogP contribution < -0.4 is 20.9 Å². The molecule has 2 aromatic carbocycles. The topological polar surface area (TPSA) is 83.7 Å². The van der Waals surface area contributed by atoms with E-state index < -0.39 is 5.91 Å². The van der Waals surface area contributed by atoms with Gasteiger partial charge in [0.05, 0.1) is 24.5 Å². The maximum Gasteiger partial charge on any atom is 0.252 e. The van der Waals surface area contributed by atoms with Crippen LogP contribution in [0.1, 0.15) is 23.2 Å². The van der Waals surface area contributed by atoms with Gasteiger partial charge in [0.25, 0.3) is 5.91 Å². The van der Waals surface area contributed by atoms with Gasteiger partial charge in [-0.15, -0.1) is 0 Å². The minimum Gasteiger partial charge on any atom is -0.378 e. The molecule has 0 spiro atoms. The van der Waals surface area contributed by atoms with Crippen molar-refractivity contribution in [3.63, 3.8) is 0 Å². The minimum atomic E-state index is -0.477. The predicted molar refractivity (Wildman–Crippen MR) is 127 cm³/mol. The summed E-state index contributed by atoms with van der Waals surface area (Å²) >= 11 is 0. The summed E-state index contributed by atoms with van der Waals surface area (Å²) in [5.74, 6) is 0.195. The highest BCUT2D eigenvalue weighted by atomic mass is 16.5. The average Bonchev–Trinajstić information content (AvgIpc) is 3.66. The molecule has 3 aromatic rings. The van der Waals surface area contributed by atoms with Gasteiger partial charge in [0.1, 0.15) is 5.82 Å². The van der Waals surface area contributed by atoms with Crippen LogP contribution in [0.4, 0.5) is 28.6 Å². The molecule has 5 rings (SSSR count). The molecule has 0 atom stereocenters. The first-order valence-corrected chi connectivity index (χ1v) is 11.0. The second-order valence-electron chi connectivity index (χ2n) is 8.16. The molecule has 3 N–H and O–H groups in total. The van der Waals surface area contributed by atoms with Gasteiger partial charge in [-0.25, -0.2) is 4.98 Å². The van der Waals surface area contributed by atoms with Gasteiger partial charge in [0.15, 0.2) is 0 Å². The SMILES string of the molecule is NC(=O)c1cnc(Nc2cccc(N3CCOCC3)c2)cc1N(c1ccccc1)C1CC1. The molecular formula is C25H27N5O2. The highest BCUT2D eigenvalue weighted by Gasteiger charge is 2.32. The number of para-hydroxylation sites is 1. The molecule has 0 unspecified atom stereocenters. The third kappa shape index (κ3) is 4.38. The molecule has 7 heteroatoms. The lowest BCUT2D eigenvalue weighted by Crippen LogP contribution is -2.36. The average molecular weight is 430 g/mol. The number of carbonyl (C=O) groups excluding carboxylic acids is 1. The Morgan fingerprint density at radius 3 is 2.56 bits per heavy atom. The van der Waals surface area contributed by atoms with E-state index in [4.69, 9.17) is 10.5 Å². The van der Waals surface area contributed by atoms with E-state index in [-0.39, 0.29) is 0 Å². The quantitative estimate of drug-likeness (QED) is 0.589. The summed E-state index contributed by atoms with van der Waals surface area (Å²) in [5, 5.41) is 3.41. The molecule has 1 aliphatic carbocycles. The summed E-state index contributed by atoms with van der Waals surface area (Å²) in [4.78, 5) is 21.2. The zero-order valence-electron chi connectivity index (χ0n) is 17.9. The van der Waals surface area contributed by atoms with Gasteiger partial charge in [-0.3, -0.25) is 4.79 Å². The number of hydrogen-bond acceptors (Lipinski definition) is 6. The maximum absolute atomic E-state index is 12.2. The summed E-state index contributed by atoms with van der Waals surface area (Å²) in [6.07, 6.45) is 3.74. The first-order valence-electron chi connectivity index (χ1n) is 11.0. The van der Waals surface area contributed by atoms with Crippen molar-refractivity contribution in [2.24, 2.45) is 5.73 Å². The lowest BCUT2D eigenvalue weighted by Gasteiger charge is -2.29. The smallest absolute Gasteiger partial charge is 0.252 e. The molecule has 1 aromatic heterocycles. The summed E-state index contributed by atoms with van der Waals surface area (Å²) in [6.45, 7) is 3.25. The molecule has 1 saturated carbocycles. The minimum absolute atomic E-state index is 0.357. The van der Waals surface area contributed by atoms with E-state index in [2.05, 4.69) is 44.4 Å². The van der Waals surface area contributed by atoms with Crippen LogP contribution in [0.15, 0.2) is 66.9 Å². The summed E-state index contributed by atoms with van der Waals surface area (Å²) in [6, 6.07) is 20.7. The number of hydrogen-bond donors (Lipinski definition) is 2. The fraction of sp³-hybridized carbons (Fsp3) is 0.280. The van der Waals surface area contributed by atoms with Crippen molar-refractivity contribution < 1.29 is 9.53 Å². The molecule has 2 heterocycles. The first-order chi connectivity index (χ1) is 15.7. The van der Waals surface area contributed by atoms with E-state index in [1.165, 1.54) is 0 Å². The van der Waals surface area contributed by atoms with Crippen LogP contribution in [0.2, 0.25) is 0 Å². The zero-order valence-corrected chi connectivity index (χ0v) is 17.9.